The van der Waals surface area contributed by atoms with Gasteiger partial charge >= 0.3 is 0 Å². The molecule has 2 saturated heterocycles. The molecule has 4 atom stereocenters. The molecule has 2 heterocycles. The Bertz CT molecular complexity index is 739. The fraction of sp³-hybridized carbons (Fsp3) is 0.696. The topological polar surface area (TPSA) is 71.0 Å². The number of aliphatic hydroxyl groups is 1. The number of β-amino-alcohol motifs (C(OH)–C–C–N with tert-alkyl or cyclic N) is 1. The lowest BCUT2D eigenvalue weighted by Crippen LogP contribution is -2.55. The highest BCUT2D eigenvalue weighted by molar-refractivity contribution is 5.76. The minimum absolute atomic E-state index is 0.0321. The Labute approximate surface area is 181 Å². The second-order valence-corrected chi connectivity index (χ2v) is 9.09. The number of hydrogen-bond acceptors (Lipinski definition) is 5. The van der Waals surface area contributed by atoms with Crippen molar-refractivity contribution in [1.82, 2.24) is 10.2 Å². The van der Waals surface area contributed by atoms with Gasteiger partial charge in [-0.1, -0.05) is 12.8 Å². The number of ether oxygens (including phenoxy) is 2. The highest BCUT2D eigenvalue weighted by atomic mass is 19.1. The number of nitrogens with one attached hydrogen (secondary N) is 1. The Hall–Kier alpha value is -1.61. The standard InChI is InChI=1S/C23H32F2N2O4/c24-16-7-15(8-17(25)9-16)11-27-12-19(28)13-30-14-22-21(27)6-5-20(31-22)10-23(29)26-18-3-1-2-4-18/h7-9,18-22,28H,1-6,10-14H2,(H,26,29)/t19-,20-,21-,22+/m1/s1. The van der Waals surface area contributed by atoms with E-state index in [0.717, 1.165) is 25.3 Å². The molecule has 4 rings (SSSR count). The summed E-state index contributed by atoms with van der Waals surface area (Å²) in [5, 5.41) is 13.4. The number of nitrogens with zero attached hydrogens (tertiary/aromatic N) is 1. The van der Waals surface area contributed by atoms with Gasteiger partial charge in [-0.05, 0) is 43.4 Å². The first-order valence-electron chi connectivity index (χ1n) is 11.4. The van der Waals surface area contributed by atoms with E-state index in [-0.39, 0.29) is 36.8 Å². The van der Waals surface area contributed by atoms with Gasteiger partial charge in [-0.2, -0.15) is 0 Å². The van der Waals surface area contributed by atoms with Crippen LogP contribution in [0.5, 0.6) is 0 Å². The Morgan fingerprint density at radius 1 is 1.10 bits per heavy atom. The molecule has 6 nitrogen and oxygen atoms in total. The quantitative estimate of drug-likeness (QED) is 0.739. The Morgan fingerprint density at radius 2 is 1.84 bits per heavy atom. The zero-order valence-electron chi connectivity index (χ0n) is 17.8. The molecule has 0 radical (unpaired) electrons. The van der Waals surface area contributed by atoms with Crippen LogP contribution in [-0.2, 0) is 20.8 Å². The van der Waals surface area contributed by atoms with Crippen molar-refractivity contribution in [2.45, 2.75) is 81.9 Å². The summed E-state index contributed by atoms with van der Waals surface area (Å²) in [5.74, 6) is -1.20. The van der Waals surface area contributed by atoms with Crippen LogP contribution in [-0.4, -0.2) is 66.1 Å². The van der Waals surface area contributed by atoms with Gasteiger partial charge in [0.2, 0.25) is 5.91 Å². The third-order valence-corrected chi connectivity index (χ3v) is 6.53. The molecule has 3 fully saturated rings. The van der Waals surface area contributed by atoms with Gasteiger partial charge in [0.15, 0.2) is 0 Å². The van der Waals surface area contributed by atoms with Crippen molar-refractivity contribution >= 4 is 5.91 Å². The Kier molecular flexibility index (Phi) is 7.53. The molecule has 2 aliphatic heterocycles. The lowest BCUT2D eigenvalue weighted by Gasteiger charge is -2.44. The van der Waals surface area contributed by atoms with Gasteiger partial charge in [0, 0.05) is 31.2 Å². The number of amides is 1. The highest BCUT2D eigenvalue weighted by Crippen LogP contribution is 2.29. The highest BCUT2D eigenvalue weighted by Gasteiger charge is 2.38. The maximum atomic E-state index is 13.7. The van der Waals surface area contributed by atoms with Crippen molar-refractivity contribution in [2.24, 2.45) is 0 Å². The lowest BCUT2D eigenvalue weighted by molar-refractivity contribution is -0.158. The predicted molar refractivity (Wildman–Crippen MR) is 110 cm³/mol. The summed E-state index contributed by atoms with van der Waals surface area (Å²) in [4.78, 5) is 14.5. The van der Waals surface area contributed by atoms with Crippen LogP contribution in [0.15, 0.2) is 18.2 Å². The van der Waals surface area contributed by atoms with Gasteiger partial charge in [0.25, 0.3) is 0 Å². The number of halogens is 2. The first-order chi connectivity index (χ1) is 15.0. The van der Waals surface area contributed by atoms with E-state index in [0.29, 0.717) is 38.1 Å². The zero-order valence-corrected chi connectivity index (χ0v) is 17.8. The molecular weight excluding hydrogens is 406 g/mol. The van der Waals surface area contributed by atoms with Crippen LogP contribution >= 0.6 is 0 Å². The van der Waals surface area contributed by atoms with E-state index in [1.165, 1.54) is 25.0 Å². The third-order valence-electron chi connectivity index (χ3n) is 6.53. The minimum atomic E-state index is -0.686. The summed E-state index contributed by atoms with van der Waals surface area (Å²) >= 11 is 0. The molecule has 1 aromatic carbocycles. The van der Waals surface area contributed by atoms with Crippen LogP contribution in [0.1, 0.15) is 50.5 Å². The number of carbonyl (C=O) groups is 1. The lowest BCUT2D eigenvalue weighted by atomic mass is 9.94. The number of rotatable bonds is 5. The molecule has 0 unspecified atom stereocenters. The van der Waals surface area contributed by atoms with Gasteiger partial charge < -0.3 is 19.9 Å². The summed E-state index contributed by atoms with van der Waals surface area (Å²) in [6.45, 7) is 1.13. The smallest absolute Gasteiger partial charge is 0.222 e. The molecule has 3 aliphatic rings. The van der Waals surface area contributed by atoms with Crippen molar-refractivity contribution < 1.29 is 28.2 Å². The maximum Gasteiger partial charge on any atom is 0.222 e. The van der Waals surface area contributed by atoms with Crippen molar-refractivity contribution in [3.63, 3.8) is 0 Å². The molecule has 2 N–H and O–H groups in total. The average molecular weight is 439 g/mol. The fourth-order valence-corrected chi connectivity index (χ4v) is 5.13. The number of fused-ring (bicyclic) bond motifs is 1. The summed E-state index contributed by atoms with van der Waals surface area (Å²) in [6, 6.07) is 3.72. The second-order valence-electron chi connectivity index (χ2n) is 9.09. The van der Waals surface area contributed by atoms with Crippen LogP contribution in [0.3, 0.4) is 0 Å². The monoisotopic (exact) mass is 438 g/mol. The van der Waals surface area contributed by atoms with Crippen molar-refractivity contribution in [2.75, 3.05) is 19.8 Å². The first kappa shape index (κ1) is 22.6. The molecule has 8 heteroatoms. The molecular formula is C23H32F2N2O4. The second kappa shape index (κ2) is 10.3. The zero-order chi connectivity index (χ0) is 21.8. The molecule has 1 saturated carbocycles. The van der Waals surface area contributed by atoms with Crippen molar-refractivity contribution in [3.8, 4) is 0 Å². The van der Waals surface area contributed by atoms with E-state index in [4.69, 9.17) is 9.47 Å². The number of hydrogen-bond donors (Lipinski definition) is 2. The summed E-state index contributed by atoms with van der Waals surface area (Å²) in [7, 11) is 0. The summed E-state index contributed by atoms with van der Waals surface area (Å²) in [5.41, 5.74) is 0.517. The normalized spacial score (nSPS) is 30.4. The van der Waals surface area contributed by atoms with Crippen molar-refractivity contribution in [3.05, 3.63) is 35.4 Å². The Balaban J connectivity index is 1.39. The number of benzene rings is 1. The van der Waals surface area contributed by atoms with Gasteiger partial charge in [-0.25, -0.2) is 8.78 Å². The van der Waals surface area contributed by atoms with E-state index in [1.54, 1.807) is 0 Å². The van der Waals surface area contributed by atoms with Crippen LogP contribution in [0.2, 0.25) is 0 Å². The van der Waals surface area contributed by atoms with E-state index in [1.807, 2.05) is 4.90 Å². The van der Waals surface area contributed by atoms with E-state index < -0.39 is 17.7 Å². The third kappa shape index (κ3) is 6.22. The molecule has 0 aromatic heterocycles. The largest absolute Gasteiger partial charge is 0.389 e. The summed E-state index contributed by atoms with van der Waals surface area (Å²) < 4.78 is 39.2. The molecule has 172 valence electrons. The number of aliphatic hydroxyl groups excluding tert-OH is 1. The summed E-state index contributed by atoms with van der Waals surface area (Å²) in [6.07, 6.45) is 5.12. The van der Waals surface area contributed by atoms with Crippen LogP contribution in [0, 0.1) is 11.6 Å². The average Bonchev–Trinajstić information content (AvgIpc) is 3.18. The first-order valence-corrected chi connectivity index (χ1v) is 11.4. The molecule has 0 bridgehead atoms. The van der Waals surface area contributed by atoms with E-state index in [9.17, 15) is 18.7 Å². The van der Waals surface area contributed by atoms with Crippen molar-refractivity contribution in [1.29, 1.82) is 0 Å². The minimum Gasteiger partial charge on any atom is -0.389 e. The molecule has 1 aromatic rings. The molecule has 31 heavy (non-hydrogen) atoms. The van der Waals surface area contributed by atoms with Gasteiger partial charge in [0.1, 0.15) is 11.6 Å². The Morgan fingerprint density at radius 3 is 2.58 bits per heavy atom. The van der Waals surface area contributed by atoms with Crippen LogP contribution in [0.4, 0.5) is 8.78 Å². The predicted octanol–water partition coefficient (Wildman–Crippen LogP) is 2.52. The van der Waals surface area contributed by atoms with E-state index in [2.05, 4.69) is 5.32 Å². The molecule has 1 aliphatic carbocycles. The van der Waals surface area contributed by atoms with Gasteiger partial charge in [0.05, 0.1) is 37.9 Å². The van der Waals surface area contributed by atoms with Crippen LogP contribution < -0.4 is 5.32 Å². The van der Waals surface area contributed by atoms with Gasteiger partial charge in [-0.3, -0.25) is 9.69 Å². The number of carbonyl (C=O) groups excluding carboxylic acids is 1. The fourth-order valence-electron chi connectivity index (χ4n) is 5.13. The molecule has 1 amide bonds. The van der Waals surface area contributed by atoms with Gasteiger partial charge in [-0.15, -0.1) is 0 Å². The van der Waals surface area contributed by atoms with E-state index >= 15 is 0 Å². The maximum absolute atomic E-state index is 13.7. The molecule has 0 spiro atoms. The van der Waals surface area contributed by atoms with Crippen LogP contribution in [0.25, 0.3) is 0 Å². The SMILES string of the molecule is O=C(C[C@H]1CC[C@@H]2[C@H](COC[C@H](O)CN2Cc2cc(F)cc(F)c2)O1)NC1CCCC1.